The molecule has 66 valence electrons. The van der Waals surface area contributed by atoms with Crippen molar-refractivity contribution in [3.05, 3.63) is 12.3 Å². The molecule has 0 atom stereocenters. The number of aliphatic hydroxyl groups is 1. The summed E-state index contributed by atoms with van der Waals surface area (Å²) in [5, 5.41) is 8.04. The molecule has 0 rings (SSSR count). The summed E-state index contributed by atoms with van der Waals surface area (Å²) in [5.74, 6) is -6.67. The van der Waals surface area contributed by atoms with Crippen LogP contribution < -0.4 is 0 Å². The molecule has 0 aliphatic carbocycles. The van der Waals surface area contributed by atoms with E-state index in [0.717, 1.165) is 0 Å². The van der Waals surface area contributed by atoms with Gasteiger partial charge in [-0.2, -0.15) is 17.6 Å². The molecule has 0 aliphatic rings. The number of hydrogen-bond donors (Lipinski definition) is 1. The Morgan fingerprint density at radius 1 is 1.36 bits per heavy atom. The van der Waals surface area contributed by atoms with E-state index >= 15 is 0 Å². The number of aliphatic hydroxyl groups excluding tert-OH is 1. The van der Waals surface area contributed by atoms with E-state index < -0.39 is 17.8 Å². The van der Waals surface area contributed by atoms with Crippen molar-refractivity contribution >= 4 is 0 Å². The van der Waals surface area contributed by atoms with Crippen molar-refractivity contribution in [2.75, 3.05) is 7.11 Å². The Balaban J connectivity index is 4.67. The van der Waals surface area contributed by atoms with E-state index in [9.17, 15) is 17.6 Å². The summed E-state index contributed by atoms with van der Waals surface area (Å²) in [4.78, 5) is 0. The van der Waals surface area contributed by atoms with Crippen molar-refractivity contribution in [2.45, 2.75) is 12.0 Å². The van der Waals surface area contributed by atoms with Gasteiger partial charge in [0.15, 0.2) is 5.76 Å². The normalized spacial score (nSPS) is 13.2. The van der Waals surface area contributed by atoms with E-state index in [0.29, 0.717) is 7.11 Å². The first-order chi connectivity index (χ1) is 4.75. The zero-order valence-electron chi connectivity index (χ0n) is 5.57. The minimum atomic E-state index is -4.75. The topological polar surface area (TPSA) is 29.5 Å². The molecular weight excluding hydrogens is 168 g/mol. The summed E-state index contributed by atoms with van der Waals surface area (Å²) in [6.07, 6.45) is -4.72. The number of rotatable bonds is 3. The number of methoxy groups -OCH3 is 1. The van der Waals surface area contributed by atoms with Crippen LogP contribution in [-0.4, -0.2) is 24.2 Å². The first-order valence-corrected chi connectivity index (χ1v) is 2.45. The van der Waals surface area contributed by atoms with Crippen molar-refractivity contribution in [3.8, 4) is 0 Å². The van der Waals surface area contributed by atoms with Crippen LogP contribution in [0.1, 0.15) is 0 Å². The lowest BCUT2D eigenvalue weighted by Gasteiger charge is -2.22. The van der Waals surface area contributed by atoms with Crippen molar-refractivity contribution in [1.82, 2.24) is 0 Å². The fourth-order valence-electron chi connectivity index (χ4n) is 0.296. The van der Waals surface area contributed by atoms with Gasteiger partial charge < -0.3 is 9.84 Å². The summed E-state index contributed by atoms with van der Waals surface area (Å²) < 4.78 is 51.3. The zero-order chi connectivity index (χ0) is 9.28. The third kappa shape index (κ3) is 1.62. The largest absolute Gasteiger partial charge is 0.506 e. The first kappa shape index (κ1) is 10.2. The SMILES string of the molecule is C=C(O)C(F)(F)C(F)(F)OC. The Morgan fingerprint density at radius 2 is 1.73 bits per heavy atom. The molecule has 0 amide bonds. The predicted octanol–water partition coefficient (Wildman–Crippen LogP) is 1.93. The third-order valence-electron chi connectivity index (χ3n) is 0.984. The molecule has 0 aromatic rings. The van der Waals surface area contributed by atoms with Crippen LogP contribution in [0, 0.1) is 0 Å². The highest BCUT2D eigenvalue weighted by Crippen LogP contribution is 2.38. The van der Waals surface area contributed by atoms with Gasteiger partial charge in [-0.1, -0.05) is 6.58 Å². The maximum absolute atomic E-state index is 12.1. The Bertz CT molecular complexity index is 166. The van der Waals surface area contributed by atoms with Gasteiger partial charge in [-0.15, -0.1) is 0 Å². The van der Waals surface area contributed by atoms with Crippen LogP contribution in [0.15, 0.2) is 12.3 Å². The van der Waals surface area contributed by atoms with Crippen molar-refractivity contribution in [2.24, 2.45) is 0 Å². The summed E-state index contributed by atoms with van der Waals surface area (Å²) >= 11 is 0. The molecule has 11 heavy (non-hydrogen) atoms. The molecule has 6 heteroatoms. The maximum atomic E-state index is 12.1. The monoisotopic (exact) mass is 174 g/mol. The van der Waals surface area contributed by atoms with Crippen LogP contribution in [0.25, 0.3) is 0 Å². The number of hydrogen-bond acceptors (Lipinski definition) is 2. The molecule has 2 nitrogen and oxygen atoms in total. The first-order valence-electron chi connectivity index (χ1n) is 2.45. The minimum Gasteiger partial charge on any atom is -0.506 e. The van der Waals surface area contributed by atoms with Crippen LogP contribution in [0.4, 0.5) is 17.6 Å². The van der Waals surface area contributed by atoms with Gasteiger partial charge in [0.25, 0.3) is 0 Å². The standard InChI is InChI=1S/C5H6F4O2/c1-3(10)4(6,7)5(8,9)11-2/h10H,1H2,2H3. The fourth-order valence-corrected chi connectivity index (χ4v) is 0.296. The summed E-state index contributed by atoms with van der Waals surface area (Å²) in [7, 11) is 0.400. The quantitative estimate of drug-likeness (QED) is 0.523. The van der Waals surface area contributed by atoms with Crippen LogP contribution in [-0.2, 0) is 4.74 Å². The molecule has 0 saturated carbocycles. The van der Waals surface area contributed by atoms with Crippen molar-refractivity contribution < 1.29 is 27.4 Å². The van der Waals surface area contributed by atoms with E-state index in [1.165, 1.54) is 0 Å². The Hall–Kier alpha value is -0.780. The van der Waals surface area contributed by atoms with Gasteiger partial charge >= 0.3 is 12.0 Å². The Kier molecular flexibility index (Phi) is 2.50. The average Bonchev–Trinajstić information content (AvgIpc) is 1.87. The van der Waals surface area contributed by atoms with E-state index in [2.05, 4.69) is 11.3 Å². The van der Waals surface area contributed by atoms with Gasteiger partial charge in [-0.05, 0) is 0 Å². The van der Waals surface area contributed by atoms with E-state index in [4.69, 9.17) is 5.11 Å². The minimum absolute atomic E-state index is 0.400. The smallest absolute Gasteiger partial charge is 0.426 e. The summed E-state index contributed by atoms with van der Waals surface area (Å²) in [6, 6.07) is 0. The maximum Gasteiger partial charge on any atom is 0.426 e. The second-order valence-corrected chi connectivity index (χ2v) is 1.74. The van der Waals surface area contributed by atoms with Crippen LogP contribution in [0.5, 0.6) is 0 Å². The van der Waals surface area contributed by atoms with Crippen LogP contribution >= 0.6 is 0 Å². The van der Waals surface area contributed by atoms with Crippen molar-refractivity contribution in [3.63, 3.8) is 0 Å². The highest BCUT2D eigenvalue weighted by Gasteiger charge is 2.60. The highest BCUT2D eigenvalue weighted by atomic mass is 19.3. The lowest BCUT2D eigenvalue weighted by atomic mass is 10.3. The summed E-state index contributed by atoms with van der Waals surface area (Å²) in [6.45, 7) is 2.29. The number of alkyl halides is 4. The average molecular weight is 174 g/mol. The van der Waals surface area contributed by atoms with Crippen LogP contribution in [0.2, 0.25) is 0 Å². The molecular formula is C5H6F4O2. The lowest BCUT2D eigenvalue weighted by Crippen LogP contribution is -2.43. The molecule has 0 bridgehead atoms. The second-order valence-electron chi connectivity index (χ2n) is 1.74. The molecule has 0 aliphatic heterocycles. The molecule has 1 N–H and O–H groups in total. The van der Waals surface area contributed by atoms with Gasteiger partial charge in [0, 0.05) is 7.11 Å². The molecule has 0 spiro atoms. The molecule has 0 heterocycles. The van der Waals surface area contributed by atoms with E-state index in [1.54, 1.807) is 0 Å². The van der Waals surface area contributed by atoms with Crippen LogP contribution in [0.3, 0.4) is 0 Å². The Morgan fingerprint density at radius 3 is 1.82 bits per heavy atom. The zero-order valence-corrected chi connectivity index (χ0v) is 5.57. The number of halogens is 4. The molecule has 0 fully saturated rings. The van der Waals surface area contributed by atoms with Gasteiger partial charge in [0.1, 0.15) is 0 Å². The van der Waals surface area contributed by atoms with E-state index in [1.807, 2.05) is 0 Å². The Labute approximate surface area is 60.1 Å². The molecule has 0 saturated heterocycles. The van der Waals surface area contributed by atoms with Gasteiger partial charge in [0.2, 0.25) is 0 Å². The van der Waals surface area contributed by atoms with Gasteiger partial charge in [0.05, 0.1) is 0 Å². The summed E-state index contributed by atoms with van der Waals surface area (Å²) in [5.41, 5.74) is 0. The van der Waals surface area contributed by atoms with Crippen molar-refractivity contribution in [1.29, 1.82) is 0 Å². The second kappa shape index (κ2) is 2.69. The fraction of sp³-hybridized carbons (Fsp3) is 0.600. The molecule has 0 aromatic heterocycles. The van der Waals surface area contributed by atoms with Gasteiger partial charge in [-0.3, -0.25) is 0 Å². The van der Waals surface area contributed by atoms with Gasteiger partial charge in [-0.25, -0.2) is 0 Å². The highest BCUT2D eigenvalue weighted by molar-refractivity contribution is 5.01. The third-order valence-corrected chi connectivity index (χ3v) is 0.984. The number of ether oxygens (including phenoxy) is 1. The molecule has 0 aromatic carbocycles. The molecule has 0 unspecified atom stereocenters. The predicted molar refractivity (Wildman–Crippen MR) is 28.7 cm³/mol. The lowest BCUT2D eigenvalue weighted by molar-refractivity contribution is -0.330. The molecule has 0 radical (unpaired) electrons. The van der Waals surface area contributed by atoms with E-state index in [-0.39, 0.29) is 0 Å².